The van der Waals surface area contributed by atoms with Crippen LogP contribution in [-0.4, -0.2) is 54.8 Å². The van der Waals surface area contributed by atoms with E-state index in [1.807, 2.05) is 78.9 Å². The standard InChI is InChI=1S/C45H45FN2O6/c1-52-44(51)39(47-45(34-12-5-2-6-13-34,35-14-7-3-8-15-35)36-16-9-4-10-17-36)30-54-38-19-11-18-37(26-38)53-29-32-22-20-31(21-23-32)27-48-28-33-24-25-40(49)42(46)41(33)43(48)50/h2-19,24-26,31-32,39,47,49H,20-23,27-30H2,1H3/t31?,32?,39-/m0/s1. The monoisotopic (exact) mass is 728 g/mol. The second-order valence-electron chi connectivity index (χ2n) is 14.2. The second kappa shape index (κ2) is 16.6. The molecule has 5 aromatic carbocycles. The van der Waals surface area contributed by atoms with Gasteiger partial charge in [0.05, 0.1) is 24.8 Å². The Morgan fingerprint density at radius 2 is 1.35 bits per heavy atom. The van der Waals surface area contributed by atoms with Gasteiger partial charge in [0.1, 0.15) is 24.1 Å². The van der Waals surface area contributed by atoms with Crippen LogP contribution in [0.15, 0.2) is 127 Å². The Labute approximate surface area is 315 Å². The fraction of sp³-hybridized carbons (Fsp3) is 0.289. The van der Waals surface area contributed by atoms with E-state index in [1.54, 1.807) is 11.0 Å². The van der Waals surface area contributed by atoms with Crippen LogP contribution >= 0.6 is 0 Å². The van der Waals surface area contributed by atoms with E-state index in [9.17, 15) is 19.1 Å². The van der Waals surface area contributed by atoms with Crippen molar-refractivity contribution < 1.29 is 33.3 Å². The summed E-state index contributed by atoms with van der Waals surface area (Å²) in [5, 5.41) is 13.4. The zero-order chi connectivity index (χ0) is 37.5. The first-order valence-corrected chi connectivity index (χ1v) is 18.5. The second-order valence-corrected chi connectivity index (χ2v) is 14.2. The minimum absolute atomic E-state index is 0.0000377. The number of halogens is 1. The van der Waals surface area contributed by atoms with Crippen molar-refractivity contribution in [1.29, 1.82) is 0 Å². The van der Waals surface area contributed by atoms with Crippen LogP contribution in [0.25, 0.3) is 0 Å². The van der Waals surface area contributed by atoms with Crippen LogP contribution in [0, 0.1) is 17.7 Å². The van der Waals surface area contributed by atoms with Crippen molar-refractivity contribution >= 4 is 11.9 Å². The summed E-state index contributed by atoms with van der Waals surface area (Å²) in [6, 6.07) is 39.7. The molecule has 0 bridgehead atoms. The van der Waals surface area contributed by atoms with Crippen molar-refractivity contribution in [2.24, 2.45) is 11.8 Å². The number of fused-ring (bicyclic) bond motifs is 1. The highest BCUT2D eigenvalue weighted by Gasteiger charge is 2.40. The number of benzene rings is 5. The summed E-state index contributed by atoms with van der Waals surface area (Å²) in [4.78, 5) is 28.0. The van der Waals surface area contributed by atoms with Crippen molar-refractivity contribution in [3.63, 3.8) is 0 Å². The van der Waals surface area contributed by atoms with Gasteiger partial charge in [-0.25, -0.2) is 4.39 Å². The van der Waals surface area contributed by atoms with Gasteiger partial charge in [-0.05, 0) is 78.0 Å². The molecule has 9 heteroatoms. The van der Waals surface area contributed by atoms with Gasteiger partial charge in [-0.3, -0.25) is 14.9 Å². The van der Waals surface area contributed by atoms with Crippen LogP contribution in [0.4, 0.5) is 4.39 Å². The van der Waals surface area contributed by atoms with Crippen molar-refractivity contribution in [2.45, 2.75) is 43.8 Å². The van der Waals surface area contributed by atoms with E-state index in [0.717, 1.165) is 42.4 Å². The number of aromatic hydroxyl groups is 1. The largest absolute Gasteiger partial charge is 0.505 e. The average molecular weight is 729 g/mol. The number of phenols is 1. The molecule has 0 unspecified atom stereocenters. The molecule has 0 aromatic heterocycles. The third-order valence-electron chi connectivity index (χ3n) is 10.7. The highest BCUT2D eigenvalue weighted by molar-refractivity contribution is 5.99. The first-order chi connectivity index (χ1) is 26.4. The predicted octanol–water partition coefficient (Wildman–Crippen LogP) is 7.87. The third kappa shape index (κ3) is 7.82. The zero-order valence-corrected chi connectivity index (χ0v) is 30.3. The van der Waals surface area contributed by atoms with E-state index in [0.29, 0.717) is 48.6 Å². The Bertz CT molecular complexity index is 1940. The molecule has 1 aliphatic carbocycles. The number of rotatable bonds is 14. The van der Waals surface area contributed by atoms with Crippen LogP contribution in [0.2, 0.25) is 0 Å². The van der Waals surface area contributed by atoms with E-state index in [-0.39, 0.29) is 18.1 Å². The van der Waals surface area contributed by atoms with Crippen molar-refractivity contribution in [3.05, 3.63) is 161 Å². The normalized spacial score (nSPS) is 17.4. The number of carbonyl (C=O) groups is 2. The highest BCUT2D eigenvalue weighted by atomic mass is 19.1. The Morgan fingerprint density at radius 1 is 0.796 bits per heavy atom. The van der Waals surface area contributed by atoms with Crippen LogP contribution in [-0.2, 0) is 21.6 Å². The van der Waals surface area contributed by atoms with E-state index >= 15 is 0 Å². The number of esters is 1. The van der Waals surface area contributed by atoms with Gasteiger partial charge in [-0.15, -0.1) is 0 Å². The molecule has 5 aromatic rings. The summed E-state index contributed by atoms with van der Waals surface area (Å²) >= 11 is 0. The molecule has 2 N–H and O–H groups in total. The molecular formula is C45H45FN2O6. The van der Waals surface area contributed by atoms with Gasteiger partial charge in [-0.1, -0.05) is 103 Å². The molecule has 1 atom stereocenters. The summed E-state index contributed by atoms with van der Waals surface area (Å²) in [5.41, 5.74) is 2.62. The van der Waals surface area contributed by atoms with Gasteiger partial charge in [0, 0.05) is 19.2 Å². The molecule has 2 aliphatic rings. The zero-order valence-electron chi connectivity index (χ0n) is 30.3. The number of nitrogens with one attached hydrogen (secondary N) is 1. The van der Waals surface area contributed by atoms with Crippen LogP contribution in [0.1, 0.15) is 58.3 Å². The molecule has 0 spiro atoms. The molecule has 0 saturated heterocycles. The summed E-state index contributed by atoms with van der Waals surface area (Å²) in [5.74, 6) is -0.177. The molecule has 1 aliphatic heterocycles. The number of phenolic OH excluding ortho intramolecular Hbond substituents is 1. The number of nitrogens with zero attached hydrogens (tertiary/aromatic N) is 1. The maximum absolute atomic E-state index is 14.4. The van der Waals surface area contributed by atoms with Crippen molar-refractivity contribution in [2.75, 3.05) is 26.9 Å². The Morgan fingerprint density at radius 3 is 1.93 bits per heavy atom. The minimum Gasteiger partial charge on any atom is -0.505 e. The first kappa shape index (κ1) is 36.7. The number of hydrogen-bond donors (Lipinski definition) is 2. The van der Waals surface area contributed by atoms with Gasteiger partial charge in [0.15, 0.2) is 11.6 Å². The summed E-state index contributed by atoms with van der Waals surface area (Å²) in [7, 11) is 1.38. The molecular weight excluding hydrogens is 684 g/mol. The van der Waals surface area contributed by atoms with Gasteiger partial charge >= 0.3 is 5.97 Å². The lowest BCUT2D eigenvalue weighted by atomic mass is 9.76. The van der Waals surface area contributed by atoms with Gasteiger partial charge in [0.25, 0.3) is 5.91 Å². The van der Waals surface area contributed by atoms with E-state index < -0.39 is 29.1 Å². The maximum atomic E-state index is 14.4. The molecule has 278 valence electrons. The van der Waals surface area contributed by atoms with Crippen LogP contribution in [0.3, 0.4) is 0 Å². The minimum atomic E-state index is -0.896. The molecule has 0 radical (unpaired) electrons. The quantitative estimate of drug-likeness (QED) is 0.0888. The smallest absolute Gasteiger partial charge is 0.326 e. The molecule has 8 nitrogen and oxygen atoms in total. The lowest BCUT2D eigenvalue weighted by Crippen LogP contribution is -2.55. The van der Waals surface area contributed by atoms with E-state index in [1.165, 1.54) is 13.2 Å². The predicted molar refractivity (Wildman–Crippen MR) is 204 cm³/mol. The van der Waals surface area contributed by atoms with Gasteiger partial charge < -0.3 is 24.2 Å². The Kier molecular flexibility index (Phi) is 11.2. The number of hydrogen-bond acceptors (Lipinski definition) is 7. The van der Waals surface area contributed by atoms with Crippen molar-refractivity contribution in [1.82, 2.24) is 10.2 Å². The van der Waals surface area contributed by atoms with Crippen LogP contribution in [0.5, 0.6) is 17.2 Å². The first-order valence-electron chi connectivity index (χ1n) is 18.5. The molecule has 54 heavy (non-hydrogen) atoms. The SMILES string of the molecule is COC(=O)[C@H](COc1cccc(OCC2CCC(CN3Cc4ccc(O)c(F)c4C3=O)CC2)c1)NC(c1ccccc1)(c1ccccc1)c1ccccc1. The third-order valence-corrected chi connectivity index (χ3v) is 10.7. The van der Waals surface area contributed by atoms with Gasteiger partial charge in [-0.2, -0.15) is 0 Å². The Hall–Kier alpha value is -5.67. The fourth-order valence-electron chi connectivity index (χ4n) is 7.88. The topological polar surface area (TPSA) is 97.3 Å². The summed E-state index contributed by atoms with van der Waals surface area (Å²) < 4.78 is 32.3. The lowest BCUT2D eigenvalue weighted by Gasteiger charge is -2.39. The van der Waals surface area contributed by atoms with Crippen LogP contribution < -0.4 is 14.8 Å². The number of methoxy groups -OCH3 is 1. The summed E-state index contributed by atoms with van der Waals surface area (Å²) in [6.07, 6.45) is 3.82. The number of amides is 1. The molecule has 1 fully saturated rings. The average Bonchev–Trinajstić information content (AvgIpc) is 3.54. The molecule has 1 amide bonds. The lowest BCUT2D eigenvalue weighted by molar-refractivity contribution is -0.144. The molecule has 7 rings (SSSR count). The summed E-state index contributed by atoms with van der Waals surface area (Å²) in [6.45, 7) is 1.50. The molecule has 1 saturated carbocycles. The van der Waals surface area contributed by atoms with Gasteiger partial charge in [0.2, 0.25) is 0 Å². The highest BCUT2D eigenvalue weighted by Crippen LogP contribution is 2.38. The Balaban J connectivity index is 0.981. The van der Waals surface area contributed by atoms with E-state index in [4.69, 9.17) is 14.2 Å². The maximum Gasteiger partial charge on any atom is 0.326 e. The molecule has 1 heterocycles. The fourth-order valence-corrected chi connectivity index (χ4v) is 7.88. The van der Waals surface area contributed by atoms with E-state index in [2.05, 4.69) is 41.7 Å². The number of carbonyl (C=O) groups excluding carboxylic acids is 2. The number of ether oxygens (including phenoxy) is 3. The van der Waals surface area contributed by atoms with Crippen molar-refractivity contribution in [3.8, 4) is 17.2 Å².